The van der Waals surface area contributed by atoms with E-state index in [0.717, 1.165) is 12.6 Å². The van der Waals surface area contributed by atoms with Gasteiger partial charge in [-0.05, 0) is 44.2 Å². The van der Waals surface area contributed by atoms with E-state index in [2.05, 4.69) is 19.2 Å². The van der Waals surface area contributed by atoms with Gasteiger partial charge in [-0.3, -0.25) is 0 Å². The minimum Gasteiger partial charge on any atom is -0.330 e. The summed E-state index contributed by atoms with van der Waals surface area (Å²) in [5, 5.41) is 3.53. The van der Waals surface area contributed by atoms with Crippen molar-refractivity contribution in [2.75, 3.05) is 13.1 Å². The molecule has 1 saturated carbocycles. The number of unbranched alkanes of at least 4 members (excludes halogenated alkanes) is 1. The van der Waals surface area contributed by atoms with E-state index in [0.29, 0.717) is 5.41 Å². The van der Waals surface area contributed by atoms with E-state index < -0.39 is 0 Å². The Morgan fingerprint density at radius 1 is 1.31 bits per heavy atom. The molecule has 0 amide bonds. The zero-order chi connectivity index (χ0) is 9.73. The SMILES string of the molecule is CC(C)(CN)CCCCNC1CC1. The van der Waals surface area contributed by atoms with Gasteiger partial charge in [0.25, 0.3) is 0 Å². The van der Waals surface area contributed by atoms with Crippen LogP contribution in [0.25, 0.3) is 0 Å². The monoisotopic (exact) mass is 184 g/mol. The van der Waals surface area contributed by atoms with Crippen LogP contribution < -0.4 is 11.1 Å². The minimum atomic E-state index is 0.347. The Hall–Kier alpha value is -0.0800. The predicted octanol–water partition coefficient (Wildman–Crippen LogP) is 1.89. The van der Waals surface area contributed by atoms with Crippen LogP contribution in [0.1, 0.15) is 46.0 Å². The maximum Gasteiger partial charge on any atom is 0.00682 e. The molecule has 0 radical (unpaired) electrons. The molecule has 0 unspecified atom stereocenters. The van der Waals surface area contributed by atoms with Crippen molar-refractivity contribution in [1.82, 2.24) is 5.32 Å². The number of hydrogen-bond donors (Lipinski definition) is 2. The molecule has 0 aromatic rings. The van der Waals surface area contributed by atoms with Crippen LogP contribution in [-0.4, -0.2) is 19.1 Å². The summed E-state index contributed by atoms with van der Waals surface area (Å²) >= 11 is 0. The third-order valence-corrected chi connectivity index (χ3v) is 2.84. The Balaban J connectivity index is 1.87. The van der Waals surface area contributed by atoms with Crippen LogP contribution in [0.2, 0.25) is 0 Å². The molecule has 1 fully saturated rings. The zero-order valence-electron chi connectivity index (χ0n) is 9.10. The maximum atomic E-state index is 5.66. The highest BCUT2D eigenvalue weighted by atomic mass is 14.9. The molecule has 0 bridgehead atoms. The van der Waals surface area contributed by atoms with Crippen LogP contribution >= 0.6 is 0 Å². The smallest absolute Gasteiger partial charge is 0.00682 e. The molecule has 1 rings (SSSR count). The molecule has 0 heterocycles. The summed E-state index contributed by atoms with van der Waals surface area (Å²) in [7, 11) is 0. The largest absolute Gasteiger partial charge is 0.330 e. The average Bonchev–Trinajstić information content (AvgIpc) is 2.87. The Kier molecular flexibility index (Phi) is 4.20. The first-order chi connectivity index (χ1) is 6.14. The van der Waals surface area contributed by atoms with Crippen molar-refractivity contribution < 1.29 is 0 Å². The van der Waals surface area contributed by atoms with Crippen LogP contribution in [-0.2, 0) is 0 Å². The second-order valence-electron chi connectivity index (χ2n) is 5.05. The normalized spacial score (nSPS) is 17.8. The summed E-state index contributed by atoms with van der Waals surface area (Å²) < 4.78 is 0. The summed E-state index contributed by atoms with van der Waals surface area (Å²) in [6.45, 7) is 6.51. The lowest BCUT2D eigenvalue weighted by molar-refractivity contribution is 0.331. The van der Waals surface area contributed by atoms with E-state index in [1.54, 1.807) is 0 Å². The second kappa shape index (κ2) is 4.97. The summed E-state index contributed by atoms with van der Waals surface area (Å²) in [5.74, 6) is 0. The van der Waals surface area contributed by atoms with E-state index in [1.807, 2.05) is 0 Å². The molecule has 0 spiro atoms. The van der Waals surface area contributed by atoms with Crippen molar-refractivity contribution in [2.45, 2.75) is 52.0 Å². The lowest BCUT2D eigenvalue weighted by atomic mass is 9.87. The molecule has 78 valence electrons. The summed E-state index contributed by atoms with van der Waals surface area (Å²) in [6.07, 6.45) is 6.67. The molecule has 0 atom stereocenters. The van der Waals surface area contributed by atoms with Crippen LogP contribution in [0.5, 0.6) is 0 Å². The third kappa shape index (κ3) is 5.27. The molecule has 13 heavy (non-hydrogen) atoms. The molecule has 0 saturated heterocycles. The number of nitrogens with two attached hydrogens (primary N) is 1. The van der Waals surface area contributed by atoms with Gasteiger partial charge in [0, 0.05) is 6.04 Å². The van der Waals surface area contributed by atoms with E-state index in [-0.39, 0.29) is 0 Å². The van der Waals surface area contributed by atoms with Gasteiger partial charge in [-0.15, -0.1) is 0 Å². The van der Waals surface area contributed by atoms with Gasteiger partial charge in [0.1, 0.15) is 0 Å². The predicted molar refractivity (Wildman–Crippen MR) is 57.7 cm³/mol. The number of nitrogens with one attached hydrogen (secondary N) is 1. The lowest BCUT2D eigenvalue weighted by Crippen LogP contribution is -2.24. The summed E-state index contributed by atoms with van der Waals surface area (Å²) in [5.41, 5.74) is 6.01. The van der Waals surface area contributed by atoms with Crippen molar-refractivity contribution in [1.29, 1.82) is 0 Å². The first-order valence-electron chi connectivity index (χ1n) is 5.57. The standard InChI is InChI=1S/C11H24N2/c1-11(2,9-12)7-3-4-8-13-10-5-6-10/h10,13H,3-9,12H2,1-2H3. The summed E-state index contributed by atoms with van der Waals surface area (Å²) in [6, 6.07) is 0.863. The molecule has 3 N–H and O–H groups in total. The van der Waals surface area contributed by atoms with Crippen LogP contribution in [0.4, 0.5) is 0 Å². The van der Waals surface area contributed by atoms with E-state index >= 15 is 0 Å². The fraction of sp³-hybridized carbons (Fsp3) is 1.00. The van der Waals surface area contributed by atoms with Crippen LogP contribution in [0.15, 0.2) is 0 Å². The minimum absolute atomic E-state index is 0.347. The first-order valence-corrected chi connectivity index (χ1v) is 5.57. The van der Waals surface area contributed by atoms with Crippen molar-refractivity contribution >= 4 is 0 Å². The van der Waals surface area contributed by atoms with Gasteiger partial charge in [0.2, 0.25) is 0 Å². The van der Waals surface area contributed by atoms with E-state index in [1.165, 1.54) is 38.6 Å². The highest BCUT2D eigenvalue weighted by Crippen LogP contribution is 2.22. The van der Waals surface area contributed by atoms with E-state index in [4.69, 9.17) is 5.73 Å². The van der Waals surface area contributed by atoms with Gasteiger partial charge >= 0.3 is 0 Å². The quantitative estimate of drug-likeness (QED) is 0.593. The Morgan fingerprint density at radius 2 is 2.00 bits per heavy atom. The highest BCUT2D eigenvalue weighted by Gasteiger charge is 2.19. The third-order valence-electron chi connectivity index (χ3n) is 2.84. The van der Waals surface area contributed by atoms with Gasteiger partial charge < -0.3 is 11.1 Å². The maximum absolute atomic E-state index is 5.66. The van der Waals surface area contributed by atoms with E-state index in [9.17, 15) is 0 Å². The topological polar surface area (TPSA) is 38.0 Å². The van der Waals surface area contributed by atoms with Crippen molar-refractivity contribution in [3.8, 4) is 0 Å². The first kappa shape index (κ1) is 11.0. The van der Waals surface area contributed by atoms with Gasteiger partial charge in [-0.2, -0.15) is 0 Å². The van der Waals surface area contributed by atoms with Crippen molar-refractivity contribution in [2.24, 2.45) is 11.1 Å². The molecule has 1 aliphatic rings. The lowest BCUT2D eigenvalue weighted by Gasteiger charge is -2.21. The zero-order valence-corrected chi connectivity index (χ0v) is 9.10. The molecular formula is C11H24N2. The van der Waals surface area contributed by atoms with Crippen LogP contribution in [0.3, 0.4) is 0 Å². The fourth-order valence-electron chi connectivity index (χ4n) is 1.42. The van der Waals surface area contributed by atoms with Crippen molar-refractivity contribution in [3.63, 3.8) is 0 Å². The average molecular weight is 184 g/mol. The van der Waals surface area contributed by atoms with Crippen molar-refractivity contribution in [3.05, 3.63) is 0 Å². The van der Waals surface area contributed by atoms with Gasteiger partial charge in [0.05, 0.1) is 0 Å². The number of hydrogen-bond acceptors (Lipinski definition) is 2. The second-order valence-corrected chi connectivity index (χ2v) is 5.05. The molecule has 0 aromatic heterocycles. The molecule has 0 aromatic carbocycles. The summed E-state index contributed by atoms with van der Waals surface area (Å²) in [4.78, 5) is 0. The Labute approximate surface area is 82.3 Å². The molecule has 0 aliphatic heterocycles. The Morgan fingerprint density at radius 3 is 2.54 bits per heavy atom. The van der Waals surface area contributed by atoms with Gasteiger partial charge in [0.15, 0.2) is 0 Å². The number of rotatable bonds is 7. The molecule has 1 aliphatic carbocycles. The molecule has 2 nitrogen and oxygen atoms in total. The van der Waals surface area contributed by atoms with Gasteiger partial charge in [-0.1, -0.05) is 20.3 Å². The highest BCUT2D eigenvalue weighted by molar-refractivity contribution is 4.80. The Bertz CT molecular complexity index is 139. The van der Waals surface area contributed by atoms with Gasteiger partial charge in [-0.25, -0.2) is 0 Å². The van der Waals surface area contributed by atoms with Crippen LogP contribution in [0, 0.1) is 5.41 Å². The molecule has 2 heteroatoms. The fourth-order valence-corrected chi connectivity index (χ4v) is 1.42. The molecular weight excluding hydrogens is 160 g/mol.